The van der Waals surface area contributed by atoms with Crippen LogP contribution in [0.15, 0.2) is 85.6 Å². The first-order chi connectivity index (χ1) is 20.1. The molecule has 0 amide bonds. The van der Waals surface area contributed by atoms with Crippen LogP contribution in [0.25, 0.3) is 34.1 Å². The number of nitrogen functional groups attached to an aromatic ring is 1. The van der Waals surface area contributed by atoms with E-state index in [0.717, 1.165) is 29.7 Å². The van der Waals surface area contributed by atoms with Gasteiger partial charge in [-0.05, 0) is 83.6 Å². The summed E-state index contributed by atoms with van der Waals surface area (Å²) in [5, 5.41) is 7.96. The molecule has 0 saturated heterocycles. The molecule has 1 aromatic carbocycles. The number of halogens is 1. The Kier molecular flexibility index (Phi) is 5.42. The van der Waals surface area contributed by atoms with Gasteiger partial charge in [-0.2, -0.15) is 5.10 Å². The zero-order chi connectivity index (χ0) is 27.5. The quantitative estimate of drug-likeness (QED) is 0.319. The van der Waals surface area contributed by atoms with E-state index in [4.69, 9.17) is 15.7 Å². The molecule has 5 aromatic heterocycles. The molecule has 3 atom stereocenters. The molecule has 0 saturated carbocycles. The highest BCUT2D eigenvalue weighted by Crippen LogP contribution is 2.40. The van der Waals surface area contributed by atoms with Crippen molar-refractivity contribution >= 4 is 17.0 Å². The number of aromatic nitrogens is 7. The number of nitrogens with one attached hydrogen (secondary N) is 1. The third-order valence-electron chi connectivity index (χ3n) is 8.20. The lowest BCUT2D eigenvalue weighted by molar-refractivity contribution is 0.253. The highest BCUT2D eigenvalue weighted by atomic mass is 19.1. The number of pyridine rings is 3. The van der Waals surface area contributed by atoms with Crippen LogP contribution in [0.5, 0.6) is 0 Å². The molecule has 41 heavy (non-hydrogen) atoms. The fraction of sp³-hybridized carbons (Fsp3) is 0.194. The van der Waals surface area contributed by atoms with Gasteiger partial charge < -0.3 is 11.1 Å². The Bertz CT molecular complexity index is 1910. The number of aryl methyl sites for hydroxylation is 1. The minimum Gasteiger partial charge on any atom is -0.383 e. The first kappa shape index (κ1) is 23.9. The minimum atomic E-state index is -1.02. The Morgan fingerprint density at radius 1 is 0.951 bits per heavy atom. The van der Waals surface area contributed by atoms with Crippen LogP contribution in [-0.2, 0) is 12.8 Å². The highest BCUT2D eigenvalue weighted by molar-refractivity contribution is 5.83. The summed E-state index contributed by atoms with van der Waals surface area (Å²) in [4.78, 5) is 18.4. The van der Waals surface area contributed by atoms with Gasteiger partial charge in [-0.25, -0.2) is 24.0 Å². The second kappa shape index (κ2) is 9.31. The number of hydrogen-bond donors (Lipinski definition) is 2. The van der Waals surface area contributed by atoms with Gasteiger partial charge in [-0.15, -0.1) is 0 Å². The average molecular weight is 544 g/mol. The highest BCUT2D eigenvalue weighted by Gasteiger charge is 2.36. The molecule has 2 aliphatic rings. The van der Waals surface area contributed by atoms with Crippen molar-refractivity contribution in [3.8, 4) is 22.9 Å². The maximum Gasteiger partial charge on any atom is 0.167 e. The summed E-state index contributed by atoms with van der Waals surface area (Å²) in [6, 6.07) is 17.3. The average Bonchev–Trinajstić information content (AvgIpc) is 3.79. The predicted octanol–water partition coefficient (Wildman–Crippen LogP) is 4.86. The number of rotatable bonds is 5. The largest absolute Gasteiger partial charge is 0.383 e. The third-order valence-corrected chi connectivity index (χ3v) is 8.20. The summed E-state index contributed by atoms with van der Waals surface area (Å²) in [7, 11) is 0. The second-order valence-corrected chi connectivity index (χ2v) is 10.6. The molecule has 0 fully saturated rings. The van der Waals surface area contributed by atoms with Crippen molar-refractivity contribution in [2.45, 2.75) is 37.5 Å². The van der Waals surface area contributed by atoms with Gasteiger partial charge in [0.2, 0.25) is 0 Å². The van der Waals surface area contributed by atoms with Crippen LogP contribution in [0.3, 0.4) is 0 Å². The lowest BCUT2D eigenvalue weighted by Gasteiger charge is -2.22. The van der Waals surface area contributed by atoms with E-state index in [1.165, 1.54) is 11.1 Å². The van der Waals surface area contributed by atoms with Gasteiger partial charge in [0.05, 0.1) is 11.6 Å². The molecule has 8 rings (SSSR count). The lowest BCUT2D eigenvalue weighted by atomic mass is 10.0. The third kappa shape index (κ3) is 3.90. The zero-order valence-corrected chi connectivity index (χ0v) is 22.0. The molecule has 0 radical (unpaired) electrons. The second-order valence-electron chi connectivity index (χ2n) is 10.6. The molecule has 0 aliphatic heterocycles. The van der Waals surface area contributed by atoms with Crippen LogP contribution < -0.4 is 11.1 Å². The lowest BCUT2D eigenvalue weighted by Crippen LogP contribution is -2.29. The van der Waals surface area contributed by atoms with Crippen LogP contribution >= 0.6 is 0 Å². The van der Waals surface area contributed by atoms with E-state index < -0.39 is 6.17 Å². The Labute approximate surface area is 234 Å². The summed E-state index contributed by atoms with van der Waals surface area (Å²) in [6.45, 7) is 0. The number of fused-ring (bicyclic) bond motifs is 3. The van der Waals surface area contributed by atoms with Gasteiger partial charge in [0.25, 0.3) is 0 Å². The molecule has 0 bridgehead atoms. The molecule has 6 aromatic rings. The number of nitrogens with two attached hydrogens (primary N) is 1. The number of nitrogens with zero attached hydrogens (tertiary/aromatic N) is 7. The Morgan fingerprint density at radius 2 is 1.90 bits per heavy atom. The number of alkyl halides is 1. The molecule has 9 nitrogen and oxygen atoms in total. The standard InChI is InChI=1S/C31H26FN9/c32-24-16-19-15-20(5-6-22(19)28(24)37-25-7-4-18-17-34-13-10-21(18)25)41-30(23-3-1-11-35-29(23)33)38-26-8-9-27(39-31(26)41)40-14-2-12-36-40/h1-3,5-6,8-15,17,24-25,28,37H,4,7,16H2,(H2,33,35)/t24?,25?,28-/m1/s1. The molecule has 2 aliphatic carbocycles. The van der Waals surface area contributed by atoms with Gasteiger partial charge in [0.1, 0.15) is 17.5 Å². The Hall–Kier alpha value is -4.96. The molecular formula is C31H26FN9. The number of imidazole rings is 1. The first-order valence-corrected chi connectivity index (χ1v) is 13.7. The van der Waals surface area contributed by atoms with E-state index in [0.29, 0.717) is 40.6 Å². The van der Waals surface area contributed by atoms with Crippen molar-refractivity contribution in [3.63, 3.8) is 0 Å². The number of anilines is 1. The van der Waals surface area contributed by atoms with Crippen LogP contribution in [-0.4, -0.2) is 40.5 Å². The van der Waals surface area contributed by atoms with E-state index in [2.05, 4.69) is 26.4 Å². The Balaban J connectivity index is 1.23. The molecular weight excluding hydrogens is 517 g/mol. The van der Waals surface area contributed by atoms with E-state index in [9.17, 15) is 0 Å². The van der Waals surface area contributed by atoms with Crippen LogP contribution in [0.2, 0.25) is 0 Å². The summed E-state index contributed by atoms with van der Waals surface area (Å²) >= 11 is 0. The van der Waals surface area contributed by atoms with Crippen molar-refractivity contribution in [1.82, 2.24) is 39.6 Å². The van der Waals surface area contributed by atoms with E-state index in [1.54, 1.807) is 17.1 Å². The molecule has 5 heterocycles. The summed E-state index contributed by atoms with van der Waals surface area (Å²) in [5.41, 5.74) is 13.6. The number of benzene rings is 1. The van der Waals surface area contributed by atoms with Crippen molar-refractivity contribution in [2.24, 2.45) is 0 Å². The van der Waals surface area contributed by atoms with Gasteiger partial charge in [-0.3, -0.25) is 9.55 Å². The van der Waals surface area contributed by atoms with Crippen LogP contribution in [0.1, 0.15) is 40.8 Å². The summed E-state index contributed by atoms with van der Waals surface area (Å²) in [6.07, 6.45) is 10.2. The topological polar surface area (TPSA) is 112 Å². The summed E-state index contributed by atoms with van der Waals surface area (Å²) in [5.74, 6) is 1.66. The van der Waals surface area contributed by atoms with E-state index in [-0.39, 0.29) is 12.1 Å². The maximum absolute atomic E-state index is 15.6. The fourth-order valence-corrected chi connectivity index (χ4v) is 6.27. The van der Waals surface area contributed by atoms with Gasteiger partial charge >= 0.3 is 0 Å². The van der Waals surface area contributed by atoms with Gasteiger partial charge in [0.15, 0.2) is 17.3 Å². The smallest absolute Gasteiger partial charge is 0.167 e. The first-order valence-electron chi connectivity index (χ1n) is 13.7. The molecule has 3 N–H and O–H groups in total. The number of hydrogen-bond acceptors (Lipinski definition) is 7. The van der Waals surface area contributed by atoms with Crippen LogP contribution in [0, 0.1) is 0 Å². The normalized spacial score (nSPS) is 19.5. The van der Waals surface area contributed by atoms with Crippen molar-refractivity contribution < 1.29 is 4.39 Å². The fourth-order valence-electron chi connectivity index (χ4n) is 6.27. The zero-order valence-electron chi connectivity index (χ0n) is 22.0. The minimum absolute atomic E-state index is 0.115. The SMILES string of the molecule is Nc1ncccc1-c1nc2ccc(-n3cccn3)nc2n1-c1ccc2c(c1)CC(F)[C@@H]2NC1CCc2cnccc21. The van der Waals surface area contributed by atoms with Crippen molar-refractivity contribution in [3.05, 3.63) is 108 Å². The van der Waals surface area contributed by atoms with Crippen molar-refractivity contribution in [2.75, 3.05) is 5.73 Å². The molecule has 0 spiro atoms. The van der Waals surface area contributed by atoms with Crippen molar-refractivity contribution in [1.29, 1.82) is 0 Å². The van der Waals surface area contributed by atoms with Gasteiger partial charge in [-0.1, -0.05) is 6.07 Å². The van der Waals surface area contributed by atoms with Crippen LogP contribution in [0.4, 0.5) is 10.2 Å². The Morgan fingerprint density at radius 3 is 2.78 bits per heavy atom. The summed E-state index contributed by atoms with van der Waals surface area (Å²) < 4.78 is 19.3. The van der Waals surface area contributed by atoms with E-state index >= 15 is 4.39 Å². The molecule has 2 unspecified atom stereocenters. The predicted molar refractivity (Wildman–Crippen MR) is 153 cm³/mol. The van der Waals surface area contributed by atoms with E-state index in [1.807, 2.05) is 71.7 Å². The molecule has 202 valence electrons. The molecule has 10 heteroatoms. The van der Waals surface area contributed by atoms with Gasteiger partial charge in [0, 0.05) is 49.1 Å². The monoisotopic (exact) mass is 543 g/mol. The maximum atomic E-state index is 15.6.